The summed E-state index contributed by atoms with van der Waals surface area (Å²) >= 11 is 0. The molecule has 1 aromatic carbocycles. The molecule has 2 heteroatoms. The highest BCUT2D eigenvalue weighted by molar-refractivity contribution is 5.47. The lowest BCUT2D eigenvalue weighted by molar-refractivity contribution is -0.0134. The molecular formula is C16H19NO. The Hall–Kier alpha value is -1.33. The van der Waals surface area contributed by atoms with Crippen LogP contribution in [-0.4, -0.2) is 10.7 Å². The van der Waals surface area contributed by atoms with Crippen molar-refractivity contribution in [1.29, 1.82) is 5.26 Å². The normalized spacial score (nSPS) is 38.4. The fraction of sp³-hybridized carbons (Fsp3) is 0.562. The first-order chi connectivity index (χ1) is 8.61. The number of hydrogen-bond acceptors (Lipinski definition) is 2. The minimum absolute atomic E-state index is 0.521. The molecule has 0 spiro atoms. The van der Waals surface area contributed by atoms with Crippen LogP contribution in [0.4, 0.5) is 0 Å². The van der Waals surface area contributed by atoms with Gasteiger partial charge in [-0.15, -0.1) is 0 Å². The van der Waals surface area contributed by atoms with E-state index in [4.69, 9.17) is 0 Å². The molecule has 2 aliphatic carbocycles. The van der Waals surface area contributed by atoms with Crippen LogP contribution in [0, 0.1) is 17.2 Å². The van der Waals surface area contributed by atoms with Crippen LogP contribution in [0.5, 0.6) is 0 Å². The zero-order valence-electron chi connectivity index (χ0n) is 10.8. The van der Waals surface area contributed by atoms with E-state index >= 15 is 0 Å². The topological polar surface area (TPSA) is 44.0 Å². The van der Waals surface area contributed by atoms with Crippen LogP contribution < -0.4 is 0 Å². The smallest absolute Gasteiger partial charge is 0.111 e. The molecule has 1 fully saturated rings. The Bertz CT molecular complexity index is 518. The first kappa shape index (κ1) is 11.7. The van der Waals surface area contributed by atoms with E-state index in [0.717, 1.165) is 37.7 Å². The Balaban J connectivity index is 2.11. The van der Waals surface area contributed by atoms with E-state index in [1.54, 1.807) is 0 Å². The van der Waals surface area contributed by atoms with Crippen molar-refractivity contribution in [2.45, 2.75) is 50.0 Å². The number of nitrogens with zero attached hydrogens (tertiary/aromatic N) is 1. The molecule has 0 aliphatic heterocycles. The van der Waals surface area contributed by atoms with Gasteiger partial charge in [-0.2, -0.15) is 5.26 Å². The molecule has 0 bridgehead atoms. The van der Waals surface area contributed by atoms with E-state index in [2.05, 4.69) is 19.1 Å². The minimum Gasteiger partial charge on any atom is -0.388 e. The fourth-order valence-corrected chi connectivity index (χ4v) is 3.97. The summed E-state index contributed by atoms with van der Waals surface area (Å²) in [6, 6.07) is 10.6. The number of hydrogen-bond donors (Lipinski definition) is 1. The lowest BCUT2D eigenvalue weighted by Crippen LogP contribution is -2.47. The molecular weight excluding hydrogens is 222 g/mol. The summed E-state index contributed by atoms with van der Waals surface area (Å²) in [5.74, 6) is 0.521. The van der Waals surface area contributed by atoms with E-state index in [9.17, 15) is 10.4 Å². The van der Waals surface area contributed by atoms with E-state index in [-0.39, 0.29) is 0 Å². The van der Waals surface area contributed by atoms with Gasteiger partial charge in [0.05, 0.1) is 11.7 Å². The molecule has 0 aromatic heterocycles. The third-order valence-corrected chi connectivity index (χ3v) is 4.97. The van der Waals surface area contributed by atoms with Crippen molar-refractivity contribution in [3.05, 3.63) is 35.4 Å². The molecule has 94 valence electrons. The highest BCUT2D eigenvalue weighted by Crippen LogP contribution is 2.53. The molecule has 0 saturated heterocycles. The van der Waals surface area contributed by atoms with Gasteiger partial charge in [0.25, 0.3) is 0 Å². The molecule has 3 unspecified atom stereocenters. The molecule has 2 aliphatic rings. The quantitative estimate of drug-likeness (QED) is 0.821. The van der Waals surface area contributed by atoms with Crippen LogP contribution in [0.25, 0.3) is 0 Å². The van der Waals surface area contributed by atoms with Gasteiger partial charge in [-0.1, -0.05) is 31.2 Å². The Morgan fingerprint density at radius 2 is 2.11 bits per heavy atom. The molecule has 1 aromatic rings. The molecule has 0 radical (unpaired) electrons. The van der Waals surface area contributed by atoms with Crippen molar-refractivity contribution in [2.24, 2.45) is 5.92 Å². The predicted molar refractivity (Wildman–Crippen MR) is 70.0 cm³/mol. The van der Waals surface area contributed by atoms with Crippen LogP contribution in [0.1, 0.15) is 43.7 Å². The van der Waals surface area contributed by atoms with Crippen molar-refractivity contribution < 1.29 is 5.11 Å². The van der Waals surface area contributed by atoms with E-state index < -0.39 is 11.0 Å². The van der Waals surface area contributed by atoms with Gasteiger partial charge in [0.2, 0.25) is 0 Å². The summed E-state index contributed by atoms with van der Waals surface area (Å²) in [6.45, 7) is 2.17. The largest absolute Gasteiger partial charge is 0.388 e. The summed E-state index contributed by atoms with van der Waals surface area (Å²) < 4.78 is 0. The zero-order chi connectivity index (χ0) is 12.8. The Kier molecular flexibility index (Phi) is 2.50. The van der Waals surface area contributed by atoms with Crippen molar-refractivity contribution >= 4 is 0 Å². The summed E-state index contributed by atoms with van der Waals surface area (Å²) in [7, 11) is 0. The van der Waals surface area contributed by atoms with Crippen LogP contribution >= 0.6 is 0 Å². The molecule has 3 rings (SSSR count). The maximum Gasteiger partial charge on any atom is 0.111 e. The van der Waals surface area contributed by atoms with Crippen LogP contribution in [0.3, 0.4) is 0 Å². The van der Waals surface area contributed by atoms with Gasteiger partial charge in [0.1, 0.15) is 5.41 Å². The van der Waals surface area contributed by atoms with Gasteiger partial charge in [0, 0.05) is 0 Å². The average Bonchev–Trinajstić information content (AvgIpc) is 2.92. The highest BCUT2D eigenvalue weighted by atomic mass is 16.3. The second-order valence-electron chi connectivity index (χ2n) is 6.05. The first-order valence-corrected chi connectivity index (χ1v) is 6.83. The number of rotatable bonds is 1. The molecule has 1 N–H and O–H groups in total. The van der Waals surface area contributed by atoms with Gasteiger partial charge in [-0.3, -0.25) is 0 Å². The van der Waals surface area contributed by atoms with Crippen molar-refractivity contribution in [1.82, 2.24) is 0 Å². The summed E-state index contributed by atoms with van der Waals surface area (Å²) in [5, 5.41) is 20.8. The van der Waals surface area contributed by atoms with Crippen LogP contribution in [0.15, 0.2) is 24.3 Å². The van der Waals surface area contributed by atoms with Gasteiger partial charge in [-0.25, -0.2) is 0 Å². The highest BCUT2D eigenvalue weighted by Gasteiger charge is 2.57. The van der Waals surface area contributed by atoms with Gasteiger partial charge < -0.3 is 5.11 Å². The first-order valence-electron chi connectivity index (χ1n) is 6.83. The lowest BCUT2D eigenvalue weighted by Gasteiger charge is -2.38. The second-order valence-corrected chi connectivity index (χ2v) is 6.05. The average molecular weight is 241 g/mol. The summed E-state index contributed by atoms with van der Waals surface area (Å²) in [5.41, 5.74) is 0.818. The van der Waals surface area contributed by atoms with E-state index in [0.29, 0.717) is 5.92 Å². The monoisotopic (exact) mass is 241 g/mol. The fourth-order valence-electron chi connectivity index (χ4n) is 3.97. The van der Waals surface area contributed by atoms with Crippen molar-refractivity contribution in [2.75, 3.05) is 0 Å². The minimum atomic E-state index is -0.826. The SMILES string of the molecule is CC1CCC(O)(C2(C#N)CCc3ccccc32)C1. The van der Waals surface area contributed by atoms with Crippen LogP contribution in [0.2, 0.25) is 0 Å². The van der Waals surface area contributed by atoms with Crippen molar-refractivity contribution in [3.8, 4) is 6.07 Å². The number of benzene rings is 1. The molecule has 3 atom stereocenters. The molecule has 0 heterocycles. The van der Waals surface area contributed by atoms with E-state index in [1.807, 2.05) is 18.2 Å². The maximum absolute atomic E-state index is 11.0. The molecule has 2 nitrogen and oxygen atoms in total. The molecule has 18 heavy (non-hydrogen) atoms. The van der Waals surface area contributed by atoms with Crippen molar-refractivity contribution in [3.63, 3.8) is 0 Å². The third-order valence-electron chi connectivity index (χ3n) is 4.97. The second kappa shape index (κ2) is 3.83. The molecule has 1 saturated carbocycles. The Morgan fingerprint density at radius 3 is 2.78 bits per heavy atom. The predicted octanol–water partition coefficient (Wildman–Crippen LogP) is 2.95. The number of aliphatic hydroxyl groups is 1. The Morgan fingerprint density at radius 1 is 1.33 bits per heavy atom. The summed E-state index contributed by atoms with van der Waals surface area (Å²) in [4.78, 5) is 0. The third kappa shape index (κ3) is 1.37. The number of fused-ring (bicyclic) bond motifs is 1. The molecule has 0 amide bonds. The van der Waals surface area contributed by atoms with Gasteiger partial charge >= 0.3 is 0 Å². The number of nitriles is 1. The lowest BCUT2D eigenvalue weighted by atomic mass is 9.67. The Labute approximate surface area is 108 Å². The standard InChI is InChI=1S/C16H19NO/c1-12-6-9-16(18,10-12)15(11-17)8-7-13-4-2-3-5-14(13)15/h2-5,12,18H,6-10H2,1H3. The zero-order valence-corrected chi connectivity index (χ0v) is 10.8. The maximum atomic E-state index is 11.0. The summed E-state index contributed by atoms with van der Waals surface area (Å²) in [6.07, 6.45) is 4.24. The van der Waals surface area contributed by atoms with Gasteiger partial charge in [-0.05, 0) is 49.1 Å². The number of aryl methyl sites for hydroxylation is 1. The van der Waals surface area contributed by atoms with Crippen LogP contribution in [-0.2, 0) is 11.8 Å². The van der Waals surface area contributed by atoms with Gasteiger partial charge in [0.15, 0.2) is 0 Å². The van der Waals surface area contributed by atoms with E-state index in [1.165, 1.54) is 5.56 Å².